The first-order valence-corrected chi connectivity index (χ1v) is 11.3. The van der Waals surface area contributed by atoms with E-state index >= 15 is 0 Å². The fraction of sp³-hybridized carbons (Fsp3) is 0.190. The molecule has 4 nitrogen and oxygen atoms in total. The third kappa shape index (κ3) is 3.06. The molecule has 0 saturated heterocycles. The van der Waals surface area contributed by atoms with E-state index in [1.807, 2.05) is 30.3 Å². The monoisotopic (exact) mass is 518 g/mol. The normalized spacial score (nSPS) is 20.2. The summed E-state index contributed by atoms with van der Waals surface area (Å²) in [5.41, 5.74) is 3.29. The molecule has 0 unspecified atom stereocenters. The molecule has 3 heterocycles. The van der Waals surface area contributed by atoms with Gasteiger partial charge in [0.2, 0.25) is 6.23 Å². The summed E-state index contributed by atoms with van der Waals surface area (Å²) in [4.78, 5) is 1.21. The predicted molar refractivity (Wildman–Crippen MR) is 118 cm³/mol. The quantitative estimate of drug-likeness (QED) is 0.394. The number of fused-ring (bicyclic) bond motifs is 3. The van der Waals surface area contributed by atoms with E-state index in [1.54, 1.807) is 18.4 Å². The van der Waals surface area contributed by atoms with Gasteiger partial charge in [-0.2, -0.15) is 5.10 Å². The maximum Gasteiger partial charge on any atom is 0.213 e. The van der Waals surface area contributed by atoms with E-state index in [-0.39, 0.29) is 12.3 Å². The average Bonchev–Trinajstić information content (AvgIpc) is 3.37. The number of nitrogens with zero attached hydrogens (tertiary/aromatic N) is 2. The smallest absolute Gasteiger partial charge is 0.213 e. The SMILES string of the molecule is COc1ccc([C@@H]2Oc3c(Br)cc(Br)cc3[C@@H]3CC(c4cccs4)=NN32)cc1. The molecule has 0 amide bonds. The van der Waals surface area contributed by atoms with Gasteiger partial charge in [-0.1, -0.05) is 22.0 Å². The summed E-state index contributed by atoms with van der Waals surface area (Å²) in [6.07, 6.45) is 0.560. The van der Waals surface area contributed by atoms with Gasteiger partial charge in [0.25, 0.3) is 0 Å². The number of ether oxygens (including phenoxy) is 2. The highest BCUT2D eigenvalue weighted by Gasteiger charge is 2.42. The number of hydrazone groups is 1. The van der Waals surface area contributed by atoms with Crippen molar-refractivity contribution < 1.29 is 9.47 Å². The second-order valence-electron chi connectivity index (χ2n) is 6.67. The molecule has 0 N–H and O–H groups in total. The standard InChI is InChI=1S/C21H16Br2N2O2S/c1-26-14-6-4-12(5-7-14)21-25-18(11-17(24-25)19-3-2-8-28-19)15-9-13(22)10-16(23)20(15)27-21/h2-10,18,21H,11H2,1H3/t18-,21-/m0/s1. The first-order chi connectivity index (χ1) is 13.6. The summed E-state index contributed by atoms with van der Waals surface area (Å²) in [5.74, 6) is 1.71. The Morgan fingerprint density at radius 2 is 2.00 bits per heavy atom. The third-order valence-electron chi connectivity index (χ3n) is 5.01. The second kappa shape index (κ2) is 7.21. The number of hydrogen-bond donors (Lipinski definition) is 0. The van der Waals surface area contributed by atoms with Gasteiger partial charge in [0.05, 0.1) is 28.2 Å². The van der Waals surface area contributed by atoms with E-state index < -0.39 is 0 Å². The fourth-order valence-electron chi connectivity index (χ4n) is 3.69. The maximum atomic E-state index is 6.47. The van der Waals surface area contributed by atoms with E-state index in [0.717, 1.165) is 43.7 Å². The van der Waals surface area contributed by atoms with Gasteiger partial charge in [-0.05, 0) is 63.8 Å². The Kier molecular flexibility index (Phi) is 4.69. The molecule has 0 spiro atoms. The molecular formula is C21H16Br2N2O2S. The molecule has 142 valence electrons. The average molecular weight is 520 g/mol. The van der Waals surface area contributed by atoms with Gasteiger partial charge in [0.1, 0.15) is 11.5 Å². The second-order valence-corrected chi connectivity index (χ2v) is 9.39. The molecule has 0 saturated carbocycles. The van der Waals surface area contributed by atoms with Crippen molar-refractivity contribution in [3.05, 3.63) is 78.9 Å². The fourth-order valence-corrected chi connectivity index (χ4v) is 5.77. The van der Waals surface area contributed by atoms with Crippen LogP contribution in [0.2, 0.25) is 0 Å². The lowest BCUT2D eigenvalue weighted by atomic mass is 9.97. The Balaban J connectivity index is 1.62. The molecule has 28 heavy (non-hydrogen) atoms. The van der Waals surface area contributed by atoms with E-state index in [1.165, 1.54) is 4.88 Å². The summed E-state index contributed by atoms with van der Waals surface area (Å²) in [6.45, 7) is 0. The molecule has 3 aromatic rings. The van der Waals surface area contributed by atoms with Crippen LogP contribution >= 0.6 is 43.2 Å². The Hall–Kier alpha value is -1.83. The van der Waals surface area contributed by atoms with Crippen molar-refractivity contribution in [1.82, 2.24) is 5.01 Å². The minimum atomic E-state index is -0.293. The lowest BCUT2D eigenvalue weighted by molar-refractivity contribution is -0.0197. The molecule has 0 fully saturated rings. The van der Waals surface area contributed by atoms with Crippen LogP contribution in [0.15, 0.2) is 68.0 Å². The van der Waals surface area contributed by atoms with Crippen LogP contribution in [-0.4, -0.2) is 17.8 Å². The molecule has 2 aliphatic rings. The number of thiophene rings is 1. The Bertz CT molecular complexity index is 1050. The first-order valence-electron chi connectivity index (χ1n) is 8.83. The summed E-state index contributed by atoms with van der Waals surface area (Å²) < 4.78 is 13.7. The number of halogens is 2. The van der Waals surface area contributed by atoms with Crippen molar-refractivity contribution >= 4 is 48.9 Å². The summed E-state index contributed by atoms with van der Waals surface area (Å²) in [7, 11) is 1.67. The Morgan fingerprint density at radius 1 is 1.18 bits per heavy atom. The van der Waals surface area contributed by atoms with Crippen molar-refractivity contribution in [3.63, 3.8) is 0 Å². The molecule has 2 aromatic carbocycles. The molecule has 2 atom stereocenters. The Morgan fingerprint density at radius 3 is 2.71 bits per heavy atom. The van der Waals surface area contributed by atoms with Crippen molar-refractivity contribution in [2.24, 2.45) is 5.10 Å². The highest BCUT2D eigenvalue weighted by atomic mass is 79.9. The molecular weight excluding hydrogens is 504 g/mol. The van der Waals surface area contributed by atoms with Crippen molar-refractivity contribution in [2.45, 2.75) is 18.7 Å². The molecule has 7 heteroatoms. The number of methoxy groups -OCH3 is 1. The zero-order chi connectivity index (χ0) is 19.3. The van der Waals surface area contributed by atoms with Crippen LogP contribution in [0, 0.1) is 0 Å². The van der Waals surface area contributed by atoms with E-state index in [4.69, 9.17) is 14.6 Å². The number of rotatable bonds is 3. The van der Waals surface area contributed by atoms with Crippen molar-refractivity contribution in [3.8, 4) is 11.5 Å². The van der Waals surface area contributed by atoms with Gasteiger partial charge in [-0.25, -0.2) is 5.01 Å². The van der Waals surface area contributed by atoms with Crippen LogP contribution in [0.25, 0.3) is 0 Å². The minimum absolute atomic E-state index is 0.127. The molecule has 1 aromatic heterocycles. The summed E-state index contributed by atoms with van der Waals surface area (Å²) in [6, 6.07) is 16.5. The summed E-state index contributed by atoms with van der Waals surface area (Å²) in [5, 5.41) is 9.17. The number of benzene rings is 2. The molecule has 0 bridgehead atoms. The largest absolute Gasteiger partial charge is 0.497 e. The topological polar surface area (TPSA) is 34.1 Å². The van der Waals surface area contributed by atoms with Crippen LogP contribution in [0.1, 0.15) is 34.7 Å². The van der Waals surface area contributed by atoms with Crippen LogP contribution in [0.3, 0.4) is 0 Å². The van der Waals surface area contributed by atoms with Gasteiger partial charge in [0.15, 0.2) is 0 Å². The van der Waals surface area contributed by atoms with Crippen molar-refractivity contribution in [1.29, 1.82) is 0 Å². The van der Waals surface area contributed by atoms with E-state index in [0.29, 0.717) is 0 Å². The highest BCUT2D eigenvalue weighted by Crippen LogP contribution is 2.51. The molecule has 0 aliphatic carbocycles. The first kappa shape index (κ1) is 18.2. The lowest BCUT2D eigenvalue weighted by Gasteiger charge is -2.38. The van der Waals surface area contributed by atoms with Crippen LogP contribution in [-0.2, 0) is 0 Å². The van der Waals surface area contributed by atoms with Gasteiger partial charge < -0.3 is 9.47 Å². The lowest BCUT2D eigenvalue weighted by Crippen LogP contribution is -2.33. The molecule has 2 aliphatic heterocycles. The summed E-state index contributed by atoms with van der Waals surface area (Å²) >= 11 is 9.01. The molecule has 0 radical (unpaired) electrons. The van der Waals surface area contributed by atoms with Gasteiger partial charge in [-0.15, -0.1) is 11.3 Å². The maximum absolute atomic E-state index is 6.47. The van der Waals surface area contributed by atoms with Gasteiger partial charge in [0, 0.05) is 22.0 Å². The predicted octanol–water partition coefficient (Wildman–Crippen LogP) is 6.52. The van der Waals surface area contributed by atoms with Crippen LogP contribution in [0.5, 0.6) is 11.5 Å². The highest BCUT2D eigenvalue weighted by molar-refractivity contribution is 9.11. The third-order valence-corrected chi connectivity index (χ3v) is 6.98. The molecule has 5 rings (SSSR count). The van der Waals surface area contributed by atoms with Gasteiger partial charge in [-0.3, -0.25) is 0 Å². The zero-order valence-corrected chi connectivity index (χ0v) is 18.9. The number of hydrogen-bond acceptors (Lipinski definition) is 5. The van der Waals surface area contributed by atoms with Crippen molar-refractivity contribution in [2.75, 3.05) is 7.11 Å². The zero-order valence-electron chi connectivity index (χ0n) is 14.9. The van der Waals surface area contributed by atoms with Crippen LogP contribution in [0.4, 0.5) is 0 Å². The van der Waals surface area contributed by atoms with E-state index in [9.17, 15) is 0 Å². The van der Waals surface area contributed by atoms with Gasteiger partial charge >= 0.3 is 0 Å². The van der Waals surface area contributed by atoms with Crippen LogP contribution < -0.4 is 9.47 Å². The minimum Gasteiger partial charge on any atom is -0.497 e. The Labute approximate surface area is 184 Å². The van der Waals surface area contributed by atoms with E-state index in [2.05, 4.69) is 60.4 Å².